The molecule has 24 heavy (non-hydrogen) atoms. The lowest BCUT2D eigenvalue weighted by Gasteiger charge is -2.20. The highest BCUT2D eigenvalue weighted by atomic mass is 16.5. The maximum absolute atomic E-state index is 5.56. The summed E-state index contributed by atoms with van der Waals surface area (Å²) in [6.07, 6.45) is 2.43. The van der Waals surface area contributed by atoms with Gasteiger partial charge in [0.2, 0.25) is 0 Å². The molecule has 5 nitrogen and oxygen atoms in total. The Balaban J connectivity index is 1.71. The van der Waals surface area contributed by atoms with Crippen LogP contribution in [0.25, 0.3) is 0 Å². The Morgan fingerprint density at radius 2 is 2.00 bits per heavy atom. The minimum atomic E-state index is 0.223. The highest BCUT2D eigenvalue weighted by molar-refractivity contribution is 5.49. The van der Waals surface area contributed by atoms with Crippen molar-refractivity contribution in [3.05, 3.63) is 41.1 Å². The predicted molar refractivity (Wildman–Crippen MR) is 97.9 cm³/mol. The molecule has 2 aromatic rings. The van der Waals surface area contributed by atoms with E-state index in [1.54, 1.807) is 7.11 Å². The molecular weight excluding hydrogens is 300 g/mol. The lowest BCUT2D eigenvalue weighted by atomic mass is 9.94. The molecule has 0 unspecified atom stereocenters. The molecule has 0 radical (unpaired) electrons. The number of hydrogen-bond acceptors (Lipinski definition) is 4. The van der Waals surface area contributed by atoms with Crippen molar-refractivity contribution in [3.63, 3.8) is 0 Å². The van der Waals surface area contributed by atoms with Gasteiger partial charge >= 0.3 is 0 Å². The van der Waals surface area contributed by atoms with Crippen LogP contribution in [-0.4, -0.2) is 37.5 Å². The SMILES string of the molecule is COc1ccccc1C1(CNCc2c(C)nn(C)c2N(C)C)CC1. The van der Waals surface area contributed by atoms with Crippen molar-refractivity contribution in [2.75, 3.05) is 32.6 Å². The van der Waals surface area contributed by atoms with Gasteiger partial charge in [-0.3, -0.25) is 4.68 Å². The molecule has 0 bridgehead atoms. The zero-order valence-electron chi connectivity index (χ0n) is 15.4. The van der Waals surface area contributed by atoms with Crippen LogP contribution >= 0.6 is 0 Å². The number of aromatic nitrogens is 2. The lowest BCUT2D eigenvalue weighted by Crippen LogP contribution is -2.28. The number of methoxy groups -OCH3 is 1. The third kappa shape index (κ3) is 3.00. The number of ether oxygens (including phenoxy) is 1. The number of nitrogens with one attached hydrogen (secondary N) is 1. The Hall–Kier alpha value is -2.01. The number of anilines is 1. The van der Waals surface area contributed by atoms with Crippen LogP contribution < -0.4 is 15.0 Å². The molecule has 3 rings (SSSR count). The summed E-state index contributed by atoms with van der Waals surface area (Å²) in [4.78, 5) is 2.13. The van der Waals surface area contributed by atoms with E-state index < -0.39 is 0 Å². The lowest BCUT2D eigenvalue weighted by molar-refractivity contribution is 0.401. The van der Waals surface area contributed by atoms with Crippen LogP contribution in [0.3, 0.4) is 0 Å². The van der Waals surface area contributed by atoms with Crippen molar-refractivity contribution >= 4 is 5.82 Å². The minimum Gasteiger partial charge on any atom is -0.496 e. The van der Waals surface area contributed by atoms with E-state index in [1.165, 1.54) is 29.8 Å². The minimum absolute atomic E-state index is 0.223. The third-order valence-corrected chi connectivity index (χ3v) is 5.03. The Kier molecular flexibility index (Phi) is 4.54. The molecule has 1 aliphatic carbocycles. The summed E-state index contributed by atoms with van der Waals surface area (Å²) in [5, 5.41) is 8.23. The zero-order valence-corrected chi connectivity index (χ0v) is 15.4. The molecule has 1 saturated carbocycles. The smallest absolute Gasteiger partial charge is 0.130 e. The topological polar surface area (TPSA) is 42.3 Å². The van der Waals surface area contributed by atoms with Gasteiger partial charge in [-0.15, -0.1) is 0 Å². The first kappa shape index (κ1) is 16.8. The van der Waals surface area contributed by atoms with Gasteiger partial charge in [0.15, 0.2) is 0 Å². The van der Waals surface area contributed by atoms with Gasteiger partial charge in [-0.1, -0.05) is 18.2 Å². The van der Waals surface area contributed by atoms with E-state index in [-0.39, 0.29) is 5.41 Å². The van der Waals surface area contributed by atoms with Crippen LogP contribution in [0.1, 0.15) is 29.7 Å². The molecule has 0 saturated heterocycles. The molecule has 1 aromatic carbocycles. The molecule has 1 N–H and O–H groups in total. The highest BCUT2D eigenvalue weighted by Gasteiger charge is 2.45. The van der Waals surface area contributed by atoms with E-state index in [1.807, 2.05) is 17.8 Å². The van der Waals surface area contributed by atoms with Crippen LogP contribution in [0, 0.1) is 6.92 Å². The van der Waals surface area contributed by atoms with E-state index in [4.69, 9.17) is 4.74 Å². The van der Waals surface area contributed by atoms with Crippen molar-refractivity contribution < 1.29 is 4.74 Å². The fourth-order valence-corrected chi connectivity index (χ4v) is 3.66. The molecule has 5 heteroatoms. The monoisotopic (exact) mass is 328 g/mol. The van der Waals surface area contributed by atoms with Gasteiger partial charge in [0.05, 0.1) is 12.8 Å². The van der Waals surface area contributed by atoms with Crippen molar-refractivity contribution in [1.29, 1.82) is 0 Å². The Bertz CT molecular complexity index is 716. The van der Waals surface area contributed by atoms with E-state index >= 15 is 0 Å². The molecule has 1 fully saturated rings. The number of nitrogens with zero attached hydrogens (tertiary/aromatic N) is 3. The molecule has 0 spiro atoms. The van der Waals surface area contributed by atoms with Gasteiger partial charge in [-0.25, -0.2) is 0 Å². The molecule has 1 heterocycles. The molecule has 1 aromatic heterocycles. The van der Waals surface area contributed by atoms with Crippen molar-refractivity contribution in [2.45, 2.75) is 31.7 Å². The standard InChI is InChI=1S/C19H28N4O/c1-14-15(18(22(2)3)23(4)21-14)12-20-13-19(10-11-19)16-8-6-7-9-17(16)24-5/h6-9,20H,10-13H2,1-5H3. The van der Waals surface area contributed by atoms with Gasteiger partial charge in [0, 0.05) is 50.8 Å². The van der Waals surface area contributed by atoms with Crippen LogP contribution in [-0.2, 0) is 19.0 Å². The third-order valence-electron chi connectivity index (χ3n) is 5.03. The largest absolute Gasteiger partial charge is 0.496 e. The van der Waals surface area contributed by atoms with Gasteiger partial charge < -0.3 is 15.0 Å². The van der Waals surface area contributed by atoms with Crippen molar-refractivity contribution in [2.24, 2.45) is 7.05 Å². The van der Waals surface area contributed by atoms with Gasteiger partial charge in [0.25, 0.3) is 0 Å². The highest BCUT2D eigenvalue weighted by Crippen LogP contribution is 2.50. The molecule has 130 valence electrons. The second kappa shape index (κ2) is 6.48. The quantitative estimate of drug-likeness (QED) is 0.848. The summed E-state index contributed by atoms with van der Waals surface area (Å²) in [5.41, 5.74) is 3.92. The molecule has 0 aliphatic heterocycles. The fourth-order valence-electron chi connectivity index (χ4n) is 3.66. The van der Waals surface area contributed by atoms with E-state index in [0.717, 1.165) is 24.5 Å². The summed E-state index contributed by atoms with van der Waals surface area (Å²) < 4.78 is 7.52. The predicted octanol–water partition coefficient (Wildman–Crippen LogP) is 2.62. The zero-order chi connectivity index (χ0) is 17.3. The molecule has 1 aliphatic rings. The average molecular weight is 328 g/mol. The number of aryl methyl sites for hydroxylation is 2. The maximum atomic E-state index is 5.56. The first-order valence-electron chi connectivity index (χ1n) is 8.52. The van der Waals surface area contributed by atoms with Crippen LogP contribution in [0.5, 0.6) is 5.75 Å². The maximum Gasteiger partial charge on any atom is 0.130 e. The van der Waals surface area contributed by atoms with E-state index in [9.17, 15) is 0 Å². The van der Waals surface area contributed by atoms with Gasteiger partial charge in [-0.2, -0.15) is 5.10 Å². The Labute approximate surface area is 144 Å². The first-order chi connectivity index (χ1) is 11.5. The van der Waals surface area contributed by atoms with E-state index in [0.29, 0.717) is 0 Å². The van der Waals surface area contributed by atoms with Crippen LogP contribution in [0.15, 0.2) is 24.3 Å². The molecular formula is C19H28N4O. The van der Waals surface area contributed by atoms with Crippen LogP contribution in [0.2, 0.25) is 0 Å². The van der Waals surface area contributed by atoms with E-state index in [2.05, 4.69) is 54.5 Å². The molecule has 0 amide bonds. The Morgan fingerprint density at radius 1 is 1.29 bits per heavy atom. The van der Waals surface area contributed by atoms with Crippen molar-refractivity contribution in [1.82, 2.24) is 15.1 Å². The molecule has 0 atom stereocenters. The second-order valence-electron chi connectivity index (χ2n) is 6.99. The summed E-state index contributed by atoms with van der Waals surface area (Å²) in [6, 6.07) is 8.40. The normalized spacial score (nSPS) is 15.4. The van der Waals surface area contributed by atoms with Crippen LogP contribution in [0.4, 0.5) is 5.82 Å². The number of para-hydroxylation sites is 1. The number of hydrogen-bond donors (Lipinski definition) is 1. The number of benzene rings is 1. The summed E-state index contributed by atoms with van der Waals surface area (Å²) in [5.74, 6) is 2.17. The number of rotatable bonds is 7. The fraction of sp³-hybridized carbons (Fsp3) is 0.526. The van der Waals surface area contributed by atoms with Gasteiger partial charge in [-0.05, 0) is 25.8 Å². The summed E-state index contributed by atoms with van der Waals surface area (Å²) >= 11 is 0. The Morgan fingerprint density at radius 3 is 2.62 bits per heavy atom. The van der Waals surface area contributed by atoms with Gasteiger partial charge in [0.1, 0.15) is 11.6 Å². The van der Waals surface area contributed by atoms with Crippen molar-refractivity contribution in [3.8, 4) is 5.75 Å². The summed E-state index contributed by atoms with van der Waals surface area (Å²) in [6.45, 7) is 3.88. The first-order valence-corrected chi connectivity index (χ1v) is 8.52. The average Bonchev–Trinajstić information content (AvgIpc) is 3.28. The second-order valence-corrected chi connectivity index (χ2v) is 6.99. The summed E-state index contributed by atoms with van der Waals surface area (Å²) in [7, 11) is 7.89.